The predicted molar refractivity (Wildman–Crippen MR) is 76.6 cm³/mol. The van der Waals surface area contributed by atoms with Crippen molar-refractivity contribution in [1.29, 1.82) is 0 Å². The first-order valence-electron chi connectivity index (χ1n) is 6.88. The fraction of sp³-hybridized carbons (Fsp3) is 0.600. The molecule has 0 spiro atoms. The summed E-state index contributed by atoms with van der Waals surface area (Å²) >= 11 is 0. The fourth-order valence-corrected chi connectivity index (χ4v) is 2.74. The third-order valence-corrected chi connectivity index (χ3v) is 3.92. The number of hydrogen-bond donors (Lipinski definition) is 2. The molecule has 0 saturated carbocycles. The number of benzene rings is 1. The lowest BCUT2D eigenvalue weighted by molar-refractivity contribution is 0.174. The van der Waals surface area contributed by atoms with Crippen molar-refractivity contribution in [1.82, 2.24) is 10.2 Å². The van der Waals surface area contributed by atoms with Crippen molar-refractivity contribution >= 4 is 0 Å². The van der Waals surface area contributed by atoms with Crippen molar-refractivity contribution in [3.05, 3.63) is 23.8 Å². The number of methoxy groups -OCH3 is 1. The van der Waals surface area contributed by atoms with Gasteiger partial charge in [0.05, 0.1) is 7.11 Å². The second-order valence-corrected chi connectivity index (χ2v) is 5.52. The summed E-state index contributed by atoms with van der Waals surface area (Å²) < 4.78 is 5.13. The van der Waals surface area contributed by atoms with Crippen LogP contribution in [-0.4, -0.2) is 43.3 Å². The SMILES string of the molecule is COc1cc(CNC2CCN(C)CC2C)ccc1O. The van der Waals surface area contributed by atoms with Crippen LogP contribution in [-0.2, 0) is 6.54 Å². The molecule has 1 heterocycles. The lowest BCUT2D eigenvalue weighted by Crippen LogP contribution is -2.46. The van der Waals surface area contributed by atoms with Gasteiger partial charge in [-0.05, 0) is 43.6 Å². The number of likely N-dealkylation sites (tertiary alicyclic amines) is 1. The Morgan fingerprint density at radius 3 is 2.95 bits per heavy atom. The summed E-state index contributed by atoms with van der Waals surface area (Å²) in [5, 5.41) is 13.2. The van der Waals surface area contributed by atoms with E-state index in [1.807, 2.05) is 12.1 Å². The molecular formula is C15H24N2O2. The van der Waals surface area contributed by atoms with Crippen molar-refractivity contribution in [3.63, 3.8) is 0 Å². The highest BCUT2D eigenvalue weighted by molar-refractivity contribution is 5.41. The maximum Gasteiger partial charge on any atom is 0.160 e. The zero-order chi connectivity index (χ0) is 13.8. The second-order valence-electron chi connectivity index (χ2n) is 5.52. The number of piperidine rings is 1. The van der Waals surface area contributed by atoms with Crippen molar-refractivity contribution in [2.45, 2.75) is 25.9 Å². The molecule has 1 fully saturated rings. The van der Waals surface area contributed by atoms with Gasteiger partial charge in [0.15, 0.2) is 11.5 Å². The Labute approximate surface area is 115 Å². The van der Waals surface area contributed by atoms with Crippen molar-refractivity contribution in [2.24, 2.45) is 5.92 Å². The highest BCUT2D eigenvalue weighted by Gasteiger charge is 2.23. The molecule has 1 aliphatic rings. The summed E-state index contributed by atoms with van der Waals surface area (Å²) in [6, 6.07) is 6.08. The van der Waals surface area contributed by atoms with E-state index in [4.69, 9.17) is 4.74 Å². The van der Waals surface area contributed by atoms with E-state index in [2.05, 4.69) is 24.2 Å². The van der Waals surface area contributed by atoms with E-state index in [0.717, 1.165) is 25.2 Å². The van der Waals surface area contributed by atoms with Crippen LogP contribution in [0.15, 0.2) is 18.2 Å². The molecule has 1 saturated heterocycles. The molecule has 1 aromatic carbocycles. The second kappa shape index (κ2) is 6.26. The predicted octanol–water partition coefficient (Wildman–Crippen LogP) is 1.83. The molecule has 2 rings (SSSR count). The number of nitrogens with zero attached hydrogens (tertiary/aromatic N) is 1. The number of aromatic hydroxyl groups is 1. The van der Waals surface area contributed by atoms with Gasteiger partial charge in [-0.2, -0.15) is 0 Å². The van der Waals surface area contributed by atoms with Gasteiger partial charge >= 0.3 is 0 Å². The zero-order valence-corrected chi connectivity index (χ0v) is 12.0. The molecule has 0 amide bonds. The van der Waals surface area contributed by atoms with Gasteiger partial charge in [0.2, 0.25) is 0 Å². The van der Waals surface area contributed by atoms with Crippen LogP contribution in [0.5, 0.6) is 11.5 Å². The number of ether oxygens (including phenoxy) is 1. The molecule has 1 aromatic rings. The molecular weight excluding hydrogens is 240 g/mol. The lowest BCUT2D eigenvalue weighted by atomic mass is 9.94. The lowest BCUT2D eigenvalue weighted by Gasteiger charge is -2.35. The summed E-state index contributed by atoms with van der Waals surface area (Å²) in [5.74, 6) is 1.40. The molecule has 2 N–H and O–H groups in total. The van der Waals surface area contributed by atoms with Gasteiger partial charge in [-0.3, -0.25) is 0 Å². The van der Waals surface area contributed by atoms with E-state index in [9.17, 15) is 5.11 Å². The third kappa shape index (κ3) is 3.61. The van der Waals surface area contributed by atoms with E-state index in [1.165, 1.54) is 6.42 Å². The number of nitrogens with one attached hydrogen (secondary N) is 1. The molecule has 0 bridgehead atoms. The monoisotopic (exact) mass is 264 g/mol. The minimum Gasteiger partial charge on any atom is -0.504 e. The van der Waals surface area contributed by atoms with Gasteiger partial charge in [-0.25, -0.2) is 0 Å². The molecule has 106 valence electrons. The Hall–Kier alpha value is -1.26. The normalized spacial score (nSPS) is 24.4. The van der Waals surface area contributed by atoms with Gasteiger partial charge in [0.25, 0.3) is 0 Å². The van der Waals surface area contributed by atoms with Crippen molar-refractivity contribution < 1.29 is 9.84 Å². The maximum atomic E-state index is 9.57. The first-order valence-corrected chi connectivity index (χ1v) is 6.88. The Kier molecular flexibility index (Phi) is 4.66. The van der Waals surface area contributed by atoms with Gasteiger partial charge in [-0.1, -0.05) is 13.0 Å². The summed E-state index contributed by atoms with van der Waals surface area (Å²) in [6.45, 7) is 5.41. The Morgan fingerprint density at radius 2 is 2.26 bits per heavy atom. The molecule has 2 unspecified atom stereocenters. The first kappa shape index (κ1) is 14.2. The van der Waals surface area contributed by atoms with Crippen LogP contribution in [0.25, 0.3) is 0 Å². The Morgan fingerprint density at radius 1 is 1.47 bits per heavy atom. The van der Waals surface area contributed by atoms with Crippen LogP contribution in [0.2, 0.25) is 0 Å². The quantitative estimate of drug-likeness (QED) is 0.871. The van der Waals surface area contributed by atoms with Crippen LogP contribution in [0.3, 0.4) is 0 Å². The van der Waals surface area contributed by atoms with Crippen molar-refractivity contribution in [3.8, 4) is 11.5 Å². The number of phenolic OH excluding ortho intramolecular Hbond substituents is 1. The van der Waals surface area contributed by atoms with Gasteiger partial charge in [0, 0.05) is 19.1 Å². The third-order valence-electron chi connectivity index (χ3n) is 3.92. The summed E-state index contributed by atoms with van der Waals surface area (Å²) in [4.78, 5) is 2.38. The Bertz CT molecular complexity index is 423. The van der Waals surface area contributed by atoms with E-state index in [-0.39, 0.29) is 5.75 Å². The van der Waals surface area contributed by atoms with Crippen LogP contribution >= 0.6 is 0 Å². The largest absolute Gasteiger partial charge is 0.504 e. The van der Waals surface area contributed by atoms with Crippen LogP contribution < -0.4 is 10.1 Å². The smallest absolute Gasteiger partial charge is 0.160 e. The van der Waals surface area contributed by atoms with Crippen molar-refractivity contribution in [2.75, 3.05) is 27.2 Å². The first-order chi connectivity index (χ1) is 9.10. The molecule has 2 atom stereocenters. The minimum atomic E-state index is 0.193. The van der Waals surface area contributed by atoms with E-state index >= 15 is 0 Å². The fourth-order valence-electron chi connectivity index (χ4n) is 2.74. The number of hydrogen-bond acceptors (Lipinski definition) is 4. The van der Waals surface area contributed by atoms with Gasteiger partial charge in [-0.15, -0.1) is 0 Å². The summed E-state index contributed by atoms with van der Waals surface area (Å²) in [7, 11) is 3.75. The average Bonchev–Trinajstić information content (AvgIpc) is 2.39. The van der Waals surface area contributed by atoms with Gasteiger partial charge < -0.3 is 20.1 Å². The van der Waals surface area contributed by atoms with Crippen LogP contribution in [0, 0.1) is 5.92 Å². The molecule has 0 aliphatic carbocycles. The number of rotatable bonds is 4. The van der Waals surface area contributed by atoms with Gasteiger partial charge in [0.1, 0.15) is 0 Å². The Balaban J connectivity index is 1.91. The van der Waals surface area contributed by atoms with Crippen LogP contribution in [0.4, 0.5) is 0 Å². The molecule has 19 heavy (non-hydrogen) atoms. The summed E-state index contributed by atoms with van der Waals surface area (Å²) in [5.41, 5.74) is 1.14. The van der Waals surface area contributed by atoms with E-state index in [1.54, 1.807) is 13.2 Å². The van der Waals surface area contributed by atoms with E-state index < -0.39 is 0 Å². The highest BCUT2D eigenvalue weighted by atomic mass is 16.5. The van der Waals surface area contributed by atoms with E-state index in [0.29, 0.717) is 17.7 Å². The average molecular weight is 264 g/mol. The zero-order valence-electron chi connectivity index (χ0n) is 12.0. The molecule has 1 aliphatic heterocycles. The molecule has 4 nitrogen and oxygen atoms in total. The molecule has 0 aromatic heterocycles. The van der Waals surface area contributed by atoms with Crippen LogP contribution in [0.1, 0.15) is 18.9 Å². The standard InChI is InChI=1S/C15H24N2O2/c1-11-10-17(2)7-6-13(11)16-9-12-4-5-14(18)15(8-12)19-3/h4-5,8,11,13,16,18H,6-7,9-10H2,1-3H3. The summed E-state index contributed by atoms with van der Waals surface area (Å²) in [6.07, 6.45) is 1.19. The molecule has 0 radical (unpaired) electrons. The molecule has 4 heteroatoms. The number of phenols is 1. The minimum absolute atomic E-state index is 0.193. The topological polar surface area (TPSA) is 44.7 Å². The highest BCUT2D eigenvalue weighted by Crippen LogP contribution is 2.26. The maximum absolute atomic E-state index is 9.57.